The van der Waals surface area contributed by atoms with Gasteiger partial charge in [-0.15, -0.1) is 0 Å². The van der Waals surface area contributed by atoms with E-state index in [2.05, 4.69) is 43.4 Å². The monoisotopic (exact) mass is 369 g/mol. The van der Waals surface area contributed by atoms with Crippen LogP contribution in [0.3, 0.4) is 0 Å². The van der Waals surface area contributed by atoms with Crippen LogP contribution in [0.2, 0.25) is 0 Å². The first-order valence-electron chi connectivity index (χ1n) is 10.6. The largest absolute Gasteiger partial charge is 0.462 e. The molecule has 1 aromatic rings. The average Bonchev–Trinajstić information content (AvgIpc) is 3.36. The Morgan fingerprint density at radius 1 is 1.26 bits per heavy atom. The molecule has 5 rings (SSSR count). The van der Waals surface area contributed by atoms with E-state index in [9.17, 15) is 4.79 Å². The fraction of sp³-hybridized carbons (Fsp3) is 0.696. The van der Waals surface area contributed by atoms with Gasteiger partial charge in [0.25, 0.3) is 0 Å². The molecule has 2 heterocycles. The number of carbonyl (C=O) groups excluding carboxylic acids is 1. The molecular weight excluding hydrogens is 338 g/mol. The van der Waals surface area contributed by atoms with Crippen LogP contribution in [0, 0.1) is 23.2 Å². The van der Waals surface area contributed by atoms with Crippen molar-refractivity contribution in [3.63, 3.8) is 0 Å². The van der Waals surface area contributed by atoms with Gasteiger partial charge in [0.2, 0.25) is 0 Å². The van der Waals surface area contributed by atoms with E-state index in [4.69, 9.17) is 9.47 Å². The molecule has 7 atom stereocenters. The van der Waals surface area contributed by atoms with Gasteiger partial charge in [-0.2, -0.15) is 0 Å². The van der Waals surface area contributed by atoms with Crippen LogP contribution in [0.4, 0.5) is 0 Å². The van der Waals surface area contributed by atoms with E-state index in [0.29, 0.717) is 18.4 Å². The second-order valence-electron chi connectivity index (χ2n) is 9.64. The Kier molecular flexibility index (Phi) is 4.14. The molecule has 0 radical (unpaired) electrons. The third kappa shape index (κ3) is 2.92. The molecule has 0 unspecified atom stereocenters. The van der Waals surface area contributed by atoms with E-state index in [1.165, 1.54) is 24.8 Å². The third-order valence-corrected chi connectivity index (χ3v) is 8.02. The molecule has 0 aromatic heterocycles. The number of fused-ring (bicyclic) bond motifs is 3. The standard InChI is InChI=1S/C23H31NO3/c1-15(16-7-4-3-5-8-16)24-13-18-17-11-20-22(2,12-19(17)27-21(18)25)9-6-10-23(20)14-26-23/h3-5,7-8,15,17-20,24H,6,9-14H2,1-2H3/t15-,17-,18-,19+,20+,22+,23+/m0/s1. The number of benzene rings is 1. The Hall–Kier alpha value is -1.39. The number of rotatable bonds is 4. The molecule has 0 amide bonds. The summed E-state index contributed by atoms with van der Waals surface area (Å²) in [4.78, 5) is 12.7. The van der Waals surface area contributed by atoms with Crippen LogP contribution in [0.15, 0.2) is 30.3 Å². The van der Waals surface area contributed by atoms with Crippen LogP contribution in [-0.2, 0) is 14.3 Å². The molecule has 27 heavy (non-hydrogen) atoms. The van der Waals surface area contributed by atoms with Crippen molar-refractivity contribution in [3.05, 3.63) is 35.9 Å². The summed E-state index contributed by atoms with van der Waals surface area (Å²) in [5.74, 6) is 0.906. The number of esters is 1. The van der Waals surface area contributed by atoms with E-state index >= 15 is 0 Å². The summed E-state index contributed by atoms with van der Waals surface area (Å²) in [7, 11) is 0. The van der Waals surface area contributed by atoms with Crippen molar-refractivity contribution < 1.29 is 14.3 Å². The topological polar surface area (TPSA) is 50.9 Å². The molecule has 4 fully saturated rings. The van der Waals surface area contributed by atoms with E-state index in [-0.39, 0.29) is 35.0 Å². The van der Waals surface area contributed by atoms with Gasteiger partial charge in [-0.3, -0.25) is 4.79 Å². The van der Waals surface area contributed by atoms with Crippen molar-refractivity contribution >= 4 is 5.97 Å². The Balaban J connectivity index is 1.30. The molecule has 4 heteroatoms. The first-order valence-corrected chi connectivity index (χ1v) is 10.6. The lowest BCUT2D eigenvalue weighted by molar-refractivity contribution is -0.147. The smallest absolute Gasteiger partial charge is 0.310 e. The Morgan fingerprint density at radius 3 is 2.78 bits per heavy atom. The molecule has 4 aliphatic rings. The fourth-order valence-electron chi connectivity index (χ4n) is 6.35. The molecule has 2 aliphatic carbocycles. The Morgan fingerprint density at radius 2 is 2.04 bits per heavy atom. The molecule has 2 saturated heterocycles. The molecule has 0 bridgehead atoms. The predicted octanol–water partition coefficient (Wildman–Crippen LogP) is 3.86. The van der Waals surface area contributed by atoms with Crippen LogP contribution >= 0.6 is 0 Å². The summed E-state index contributed by atoms with van der Waals surface area (Å²) in [5, 5.41) is 3.59. The number of nitrogens with one attached hydrogen (secondary N) is 1. The van der Waals surface area contributed by atoms with Crippen LogP contribution in [-0.4, -0.2) is 30.8 Å². The minimum atomic E-state index is -0.0246. The second kappa shape index (κ2) is 6.31. The zero-order valence-corrected chi connectivity index (χ0v) is 16.4. The summed E-state index contributed by atoms with van der Waals surface area (Å²) in [6, 6.07) is 10.7. The Labute approximate surface area is 162 Å². The fourth-order valence-corrected chi connectivity index (χ4v) is 6.35. The highest BCUT2D eigenvalue weighted by molar-refractivity contribution is 5.75. The van der Waals surface area contributed by atoms with Crippen molar-refractivity contribution in [2.45, 2.75) is 63.7 Å². The first kappa shape index (κ1) is 17.7. The van der Waals surface area contributed by atoms with E-state index < -0.39 is 0 Å². The van der Waals surface area contributed by atoms with Crippen LogP contribution < -0.4 is 5.32 Å². The molecular formula is C23H31NO3. The van der Waals surface area contributed by atoms with Crippen LogP contribution in [0.25, 0.3) is 0 Å². The average molecular weight is 370 g/mol. The van der Waals surface area contributed by atoms with Gasteiger partial charge < -0.3 is 14.8 Å². The number of hydrogen-bond donors (Lipinski definition) is 1. The van der Waals surface area contributed by atoms with Gasteiger partial charge in [-0.1, -0.05) is 37.3 Å². The van der Waals surface area contributed by atoms with Gasteiger partial charge in [0.1, 0.15) is 6.10 Å². The van der Waals surface area contributed by atoms with Gasteiger partial charge >= 0.3 is 5.97 Å². The van der Waals surface area contributed by atoms with Gasteiger partial charge in [-0.25, -0.2) is 0 Å². The van der Waals surface area contributed by atoms with Crippen LogP contribution in [0.5, 0.6) is 0 Å². The van der Waals surface area contributed by atoms with Gasteiger partial charge in [0.05, 0.1) is 18.1 Å². The molecule has 2 saturated carbocycles. The number of epoxide rings is 1. The number of carbonyl (C=O) groups is 1. The van der Waals surface area contributed by atoms with E-state index in [1.807, 2.05) is 6.07 Å². The van der Waals surface area contributed by atoms with E-state index in [0.717, 1.165) is 19.4 Å². The normalized spacial score (nSPS) is 43.7. The zero-order chi connectivity index (χ0) is 18.6. The minimum absolute atomic E-state index is 0.00535. The van der Waals surface area contributed by atoms with Crippen molar-refractivity contribution in [2.75, 3.05) is 13.2 Å². The zero-order valence-electron chi connectivity index (χ0n) is 16.4. The van der Waals surface area contributed by atoms with Crippen molar-refractivity contribution in [2.24, 2.45) is 23.2 Å². The number of ether oxygens (including phenoxy) is 2. The maximum absolute atomic E-state index is 12.7. The maximum Gasteiger partial charge on any atom is 0.310 e. The molecule has 1 aromatic carbocycles. The Bertz CT molecular complexity index is 716. The van der Waals surface area contributed by atoms with Crippen molar-refractivity contribution in [1.29, 1.82) is 0 Å². The summed E-state index contributed by atoms with van der Waals surface area (Å²) in [6.45, 7) is 6.20. The SMILES string of the molecule is C[C@H](NC[C@@H]1C(=O)O[C@@H]2C[C@@]3(C)CCC[C@@]4(CO4)[C@@H]3C[C@@H]12)c1ccccc1. The molecule has 1 spiro atoms. The van der Waals surface area contributed by atoms with Crippen molar-refractivity contribution in [1.82, 2.24) is 5.32 Å². The summed E-state index contributed by atoms with van der Waals surface area (Å²) in [5.41, 5.74) is 1.66. The summed E-state index contributed by atoms with van der Waals surface area (Å²) >= 11 is 0. The van der Waals surface area contributed by atoms with Gasteiger partial charge in [0.15, 0.2) is 0 Å². The predicted molar refractivity (Wildman–Crippen MR) is 103 cm³/mol. The molecule has 4 nitrogen and oxygen atoms in total. The lowest BCUT2D eigenvalue weighted by Gasteiger charge is -2.51. The quantitative estimate of drug-likeness (QED) is 0.647. The van der Waals surface area contributed by atoms with E-state index in [1.54, 1.807) is 0 Å². The van der Waals surface area contributed by atoms with Crippen LogP contribution in [0.1, 0.15) is 57.6 Å². The second-order valence-corrected chi connectivity index (χ2v) is 9.64. The highest BCUT2D eigenvalue weighted by atomic mass is 16.6. The lowest BCUT2D eigenvalue weighted by atomic mass is 9.53. The maximum atomic E-state index is 12.7. The third-order valence-electron chi connectivity index (χ3n) is 8.02. The summed E-state index contributed by atoms with van der Waals surface area (Å²) in [6.07, 6.45) is 5.90. The molecule has 2 aliphatic heterocycles. The lowest BCUT2D eigenvalue weighted by Crippen LogP contribution is -2.51. The molecule has 146 valence electrons. The van der Waals surface area contributed by atoms with Crippen molar-refractivity contribution in [3.8, 4) is 0 Å². The summed E-state index contributed by atoms with van der Waals surface area (Å²) < 4.78 is 11.9. The van der Waals surface area contributed by atoms with Gasteiger partial charge in [-0.05, 0) is 55.9 Å². The van der Waals surface area contributed by atoms with Gasteiger partial charge in [0, 0.05) is 18.5 Å². The number of hydrogen-bond acceptors (Lipinski definition) is 4. The molecule has 1 N–H and O–H groups in total. The minimum Gasteiger partial charge on any atom is -0.462 e. The highest BCUT2D eigenvalue weighted by Crippen LogP contribution is 2.62. The highest BCUT2D eigenvalue weighted by Gasteiger charge is 2.64. The first-order chi connectivity index (χ1) is 13.0.